The molecule has 82 valence electrons. The highest BCUT2D eigenvalue weighted by molar-refractivity contribution is 7.92. The first-order chi connectivity index (χ1) is 7.00. The summed E-state index contributed by atoms with van der Waals surface area (Å²) >= 11 is 5.91. The summed E-state index contributed by atoms with van der Waals surface area (Å²) in [5.74, 6) is 0. The van der Waals surface area contributed by atoms with Crippen molar-refractivity contribution in [1.82, 2.24) is 0 Å². The van der Waals surface area contributed by atoms with E-state index in [9.17, 15) is 8.42 Å². The summed E-state index contributed by atoms with van der Waals surface area (Å²) in [6.45, 7) is 1.82. The van der Waals surface area contributed by atoms with Crippen LogP contribution in [0.4, 0.5) is 0 Å². The fourth-order valence-electron chi connectivity index (χ4n) is 2.11. The first kappa shape index (κ1) is 10.9. The van der Waals surface area contributed by atoms with E-state index in [0.29, 0.717) is 12.0 Å². The van der Waals surface area contributed by atoms with Gasteiger partial charge in [0.25, 0.3) is 0 Å². The number of benzene rings is 1. The second-order valence-electron chi connectivity index (χ2n) is 3.68. The second kappa shape index (κ2) is 3.47. The maximum atomic E-state index is 12.1. The van der Waals surface area contributed by atoms with Gasteiger partial charge in [-0.1, -0.05) is 30.7 Å². The first-order valence-corrected chi connectivity index (χ1v) is 6.70. The van der Waals surface area contributed by atoms with E-state index < -0.39 is 21.1 Å². The molecule has 1 aliphatic rings. The van der Waals surface area contributed by atoms with Crippen LogP contribution >= 0.6 is 11.6 Å². The molecule has 1 aromatic carbocycles. The van der Waals surface area contributed by atoms with E-state index in [2.05, 4.69) is 0 Å². The Hall–Kier alpha value is -0.580. The van der Waals surface area contributed by atoms with Crippen molar-refractivity contribution >= 4 is 21.4 Å². The lowest BCUT2D eigenvalue weighted by Crippen LogP contribution is -2.25. The molecule has 0 fully saturated rings. The molecule has 0 bridgehead atoms. The van der Waals surface area contributed by atoms with Crippen LogP contribution in [0.3, 0.4) is 0 Å². The minimum Gasteiger partial charge on any atom is -0.323 e. The van der Waals surface area contributed by atoms with E-state index in [0.717, 1.165) is 0 Å². The molecular weight excluding hydrogens is 234 g/mol. The lowest BCUT2D eigenvalue weighted by atomic mass is 10.0. The molecule has 2 rings (SSSR count). The van der Waals surface area contributed by atoms with Gasteiger partial charge in [0.15, 0.2) is 9.84 Å². The number of hydrogen-bond acceptors (Lipinski definition) is 3. The topological polar surface area (TPSA) is 60.2 Å². The van der Waals surface area contributed by atoms with Crippen molar-refractivity contribution in [3.8, 4) is 0 Å². The summed E-state index contributed by atoms with van der Waals surface area (Å²) in [5, 5.41) is -0.258. The van der Waals surface area contributed by atoms with Crippen molar-refractivity contribution in [2.24, 2.45) is 5.73 Å². The van der Waals surface area contributed by atoms with Crippen molar-refractivity contribution in [2.45, 2.75) is 29.5 Å². The summed E-state index contributed by atoms with van der Waals surface area (Å²) in [5.41, 5.74) is 6.56. The number of halogens is 1. The molecule has 0 aromatic heterocycles. The summed E-state index contributed by atoms with van der Waals surface area (Å²) in [7, 11) is -3.33. The molecule has 1 aliphatic heterocycles. The smallest absolute Gasteiger partial charge is 0.184 e. The van der Waals surface area contributed by atoms with Crippen molar-refractivity contribution in [3.63, 3.8) is 0 Å². The van der Waals surface area contributed by atoms with Crippen molar-refractivity contribution in [2.75, 3.05) is 0 Å². The molecule has 1 aromatic rings. The Morgan fingerprint density at radius 3 is 2.67 bits per heavy atom. The van der Waals surface area contributed by atoms with Gasteiger partial charge in [0.1, 0.15) is 0 Å². The van der Waals surface area contributed by atoms with Crippen molar-refractivity contribution in [3.05, 3.63) is 28.8 Å². The van der Waals surface area contributed by atoms with Gasteiger partial charge in [-0.05, 0) is 18.1 Å². The van der Waals surface area contributed by atoms with Crippen LogP contribution in [0.2, 0.25) is 5.02 Å². The molecule has 5 heteroatoms. The Kier molecular flexibility index (Phi) is 2.53. The average Bonchev–Trinajstić information content (AvgIpc) is 2.36. The number of hydrogen-bond donors (Lipinski definition) is 1. The monoisotopic (exact) mass is 245 g/mol. The predicted molar refractivity (Wildman–Crippen MR) is 59.6 cm³/mol. The number of fused-ring (bicyclic) bond motifs is 1. The van der Waals surface area contributed by atoms with Crippen LogP contribution in [0.15, 0.2) is 23.1 Å². The highest BCUT2D eigenvalue weighted by Gasteiger charge is 2.43. The third-order valence-electron chi connectivity index (χ3n) is 2.84. The van der Waals surface area contributed by atoms with E-state index in [1.165, 1.54) is 0 Å². The van der Waals surface area contributed by atoms with E-state index in [1.807, 2.05) is 6.92 Å². The molecule has 2 unspecified atom stereocenters. The lowest BCUT2D eigenvalue weighted by molar-refractivity contribution is 0.567. The second-order valence-corrected chi connectivity index (χ2v) is 6.19. The molecule has 2 N–H and O–H groups in total. The maximum Gasteiger partial charge on any atom is 0.184 e. The molecule has 15 heavy (non-hydrogen) atoms. The van der Waals surface area contributed by atoms with Crippen LogP contribution in [0.5, 0.6) is 0 Å². The Bertz CT molecular complexity index is 498. The average molecular weight is 246 g/mol. The standard InChI is InChI=1S/C10H12ClNO2S/c1-2-8-9(12)6-4-3-5-7(11)10(6)15(8,13)14/h3-5,8-9H,2,12H2,1H3. The third kappa shape index (κ3) is 1.40. The summed E-state index contributed by atoms with van der Waals surface area (Å²) in [4.78, 5) is 0.228. The Balaban J connectivity index is 2.75. The van der Waals surface area contributed by atoms with E-state index in [-0.39, 0.29) is 9.92 Å². The van der Waals surface area contributed by atoms with E-state index >= 15 is 0 Å². The van der Waals surface area contributed by atoms with E-state index in [1.54, 1.807) is 18.2 Å². The maximum absolute atomic E-state index is 12.1. The Morgan fingerprint density at radius 2 is 2.13 bits per heavy atom. The fourth-order valence-corrected chi connectivity index (χ4v) is 4.76. The van der Waals surface area contributed by atoms with Crippen molar-refractivity contribution in [1.29, 1.82) is 0 Å². The molecule has 0 aliphatic carbocycles. The molecule has 1 heterocycles. The summed E-state index contributed by atoms with van der Waals surface area (Å²) in [6.07, 6.45) is 0.508. The fraction of sp³-hybridized carbons (Fsp3) is 0.400. The zero-order valence-electron chi connectivity index (χ0n) is 8.27. The van der Waals surface area contributed by atoms with Crippen LogP contribution < -0.4 is 5.73 Å². The minimum atomic E-state index is -3.33. The van der Waals surface area contributed by atoms with Crippen LogP contribution in [0, 0.1) is 0 Å². The van der Waals surface area contributed by atoms with Crippen LogP contribution in [-0.4, -0.2) is 13.7 Å². The molecular formula is C10H12ClNO2S. The largest absolute Gasteiger partial charge is 0.323 e. The minimum absolute atomic E-state index is 0.228. The molecule has 0 radical (unpaired) electrons. The molecule has 0 saturated carbocycles. The highest BCUT2D eigenvalue weighted by atomic mass is 35.5. The predicted octanol–water partition coefficient (Wildman–Crippen LogP) is 1.91. The van der Waals surface area contributed by atoms with Gasteiger partial charge in [0, 0.05) is 6.04 Å². The van der Waals surface area contributed by atoms with Gasteiger partial charge >= 0.3 is 0 Å². The molecule has 3 nitrogen and oxygen atoms in total. The number of nitrogens with two attached hydrogens (primary N) is 1. The van der Waals surface area contributed by atoms with Gasteiger partial charge in [-0.15, -0.1) is 0 Å². The lowest BCUT2D eigenvalue weighted by Gasteiger charge is -2.11. The van der Waals surface area contributed by atoms with Gasteiger partial charge in [-0.25, -0.2) is 8.42 Å². The van der Waals surface area contributed by atoms with Crippen LogP contribution in [0.1, 0.15) is 24.9 Å². The normalized spacial score (nSPS) is 27.7. The van der Waals surface area contributed by atoms with Crippen molar-refractivity contribution < 1.29 is 8.42 Å². The zero-order valence-corrected chi connectivity index (χ0v) is 9.85. The summed E-state index contributed by atoms with van der Waals surface area (Å²) < 4.78 is 24.2. The first-order valence-electron chi connectivity index (χ1n) is 4.78. The van der Waals surface area contributed by atoms with Gasteiger partial charge in [-0.3, -0.25) is 0 Å². The zero-order chi connectivity index (χ0) is 11.2. The Labute approximate surface area is 94.2 Å². The summed E-state index contributed by atoms with van der Waals surface area (Å²) in [6, 6.07) is 4.60. The SMILES string of the molecule is CCC1C(N)c2cccc(Cl)c2S1(=O)=O. The van der Waals surface area contributed by atoms with Gasteiger partial charge in [0.2, 0.25) is 0 Å². The van der Waals surface area contributed by atoms with E-state index in [4.69, 9.17) is 17.3 Å². The van der Waals surface area contributed by atoms with Gasteiger partial charge < -0.3 is 5.73 Å². The number of sulfone groups is 1. The molecule has 0 spiro atoms. The third-order valence-corrected chi connectivity index (χ3v) is 5.72. The van der Waals surface area contributed by atoms with Crippen LogP contribution in [0.25, 0.3) is 0 Å². The highest BCUT2D eigenvalue weighted by Crippen LogP contribution is 2.42. The molecule has 2 atom stereocenters. The van der Waals surface area contributed by atoms with Gasteiger partial charge in [0.05, 0.1) is 15.2 Å². The molecule has 0 saturated heterocycles. The molecule has 0 amide bonds. The quantitative estimate of drug-likeness (QED) is 0.822. The van der Waals surface area contributed by atoms with Crippen LogP contribution in [-0.2, 0) is 9.84 Å². The number of rotatable bonds is 1. The van der Waals surface area contributed by atoms with Gasteiger partial charge in [-0.2, -0.15) is 0 Å². The Morgan fingerprint density at radius 1 is 1.47 bits per heavy atom.